The number of aryl methyl sites for hydroxylation is 2. The van der Waals surface area contributed by atoms with Crippen molar-refractivity contribution < 1.29 is 9.72 Å². The molecule has 0 fully saturated rings. The van der Waals surface area contributed by atoms with Gasteiger partial charge in [0.15, 0.2) is 0 Å². The second kappa shape index (κ2) is 3.59. The van der Waals surface area contributed by atoms with Crippen LogP contribution in [0.5, 0.6) is 0 Å². The van der Waals surface area contributed by atoms with Gasteiger partial charge in [0, 0.05) is 12.1 Å². The van der Waals surface area contributed by atoms with E-state index in [9.17, 15) is 14.9 Å². The lowest BCUT2D eigenvalue weighted by atomic mass is 9.91. The van der Waals surface area contributed by atoms with Crippen molar-refractivity contribution in [3.8, 4) is 0 Å². The van der Waals surface area contributed by atoms with E-state index in [0.717, 1.165) is 11.1 Å². The van der Waals surface area contributed by atoms with Crippen LogP contribution in [0.2, 0.25) is 0 Å². The molecule has 1 amide bonds. The number of carbonyl (C=O) groups excluding carboxylic acids is 1. The molecule has 1 heterocycles. The summed E-state index contributed by atoms with van der Waals surface area (Å²) in [6.45, 7) is 4.09. The molecule has 1 aliphatic heterocycles. The summed E-state index contributed by atoms with van der Waals surface area (Å²) in [5.74, 6) is -0.334. The maximum atomic E-state index is 11.7. The molecule has 0 bridgehead atoms. The van der Waals surface area contributed by atoms with Crippen molar-refractivity contribution in [1.82, 2.24) is 5.32 Å². The summed E-state index contributed by atoms with van der Waals surface area (Å²) in [7, 11) is 0. The van der Waals surface area contributed by atoms with Crippen LogP contribution in [0.3, 0.4) is 0 Å². The first kappa shape index (κ1) is 10.6. The van der Waals surface area contributed by atoms with Gasteiger partial charge in [-0.3, -0.25) is 14.9 Å². The molecular formula is C11H12N2O3. The second-order valence-electron chi connectivity index (χ2n) is 3.98. The molecule has 84 valence electrons. The Morgan fingerprint density at radius 3 is 2.69 bits per heavy atom. The Bertz CT molecular complexity index is 494. The van der Waals surface area contributed by atoms with Crippen LogP contribution in [0.15, 0.2) is 6.07 Å². The molecule has 1 aromatic carbocycles. The highest BCUT2D eigenvalue weighted by molar-refractivity contribution is 6.01. The summed E-state index contributed by atoms with van der Waals surface area (Å²) < 4.78 is 0. The molecule has 0 atom stereocenters. The largest absolute Gasteiger partial charge is 0.351 e. The van der Waals surface area contributed by atoms with Crippen molar-refractivity contribution in [3.05, 3.63) is 38.4 Å². The number of carbonyl (C=O) groups is 1. The van der Waals surface area contributed by atoms with Gasteiger partial charge >= 0.3 is 0 Å². The predicted octanol–water partition coefficient (Wildman–Crippen LogP) is 1.50. The summed E-state index contributed by atoms with van der Waals surface area (Å²) in [4.78, 5) is 22.2. The smallest absolute Gasteiger partial charge is 0.285 e. The van der Waals surface area contributed by atoms with Crippen LogP contribution >= 0.6 is 0 Å². The van der Waals surface area contributed by atoms with Gasteiger partial charge in [-0.15, -0.1) is 0 Å². The van der Waals surface area contributed by atoms with Gasteiger partial charge in [-0.25, -0.2) is 0 Å². The normalized spacial score (nSPS) is 14.2. The molecule has 0 aromatic heterocycles. The number of hydrogen-bond donors (Lipinski definition) is 1. The van der Waals surface area contributed by atoms with Crippen LogP contribution in [0, 0.1) is 24.0 Å². The van der Waals surface area contributed by atoms with Crippen LogP contribution in [0.25, 0.3) is 0 Å². The van der Waals surface area contributed by atoms with E-state index in [1.807, 2.05) is 6.92 Å². The number of nitro groups is 1. The molecule has 0 unspecified atom stereocenters. The first-order valence-corrected chi connectivity index (χ1v) is 5.08. The molecule has 1 aromatic rings. The summed E-state index contributed by atoms with van der Waals surface area (Å²) in [6, 6.07) is 1.77. The number of hydrogen-bond acceptors (Lipinski definition) is 3. The number of rotatable bonds is 1. The lowest BCUT2D eigenvalue weighted by molar-refractivity contribution is -0.385. The topological polar surface area (TPSA) is 72.2 Å². The molecule has 0 saturated carbocycles. The fourth-order valence-corrected chi connectivity index (χ4v) is 2.21. The molecule has 0 saturated heterocycles. The first-order valence-electron chi connectivity index (χ1n) is 5.08. The van der Waals surface area contributed by atoms with Crippen molar-refractivity contribution in [2.45, 2.75) is 20.3 Å². The third kappa shape index (κ3) is 1.44. The van der Waals surface area contributed by atoms with E-state index in [1.165, 1.54) is 0 Å². The van der Waals surface area contributed by atoms with E-state index >= 15 is 0 Å². The van der Waals surface area contributed by atoms with Gasteiger partial charge in [0.05, 0.1) is 4.92 Å². The Kier molecular flexibility index (Phi) is 2.38. The number of fused-ring (bicyclic) bond motifs is 1. The van der Waals surface area contributed by atoms with Gasteiger partial charge in [0.2, 0.25) is 0 Å². The molecular weight excluding hydrogens is 208 g/mol. The summed E-state index contributed by atoms with van der Waals surface area (Å²) >= 11 is 0. The minimum atomic E-state index is -0.474. The van der Waals surface area contributed by atoms with Gasteiger partial charge in [-0.2, -0.15) is 0 Å². The molecule has 5 heteroatoms. The summed E-state index contributed by atoms with van der Waals surface area (Å²) in [6.07, 6.45) is 0.661. The van der Waals surface area contributed by atoms with Crippen molar-refractivity contribution >= 4 is 11.6 Å². The lowest BCUT2D eigenvalue weighted by Gasteiger charge is -2.19. The zero-order valence-corrected chi connectivity index (χ0v) is 9.16. The van der Waals surface area contributed by atoms with Gasteiger partial charge in [0.1, 0.15) is 5.56 Å². The second-order valence-corrected chi connectivity index (χ2v) is 3.98. The molecule has 0 spiro atoms. The fraction of sp³-hybridized carbons (Fsp3) is 0.364. The van der Waals surface area contributed by atoms with Crippen LogP contribution < -0.4 is 5.32 Å². The monoisotopic (exact) mass is 220 g/mol. The summed E-state index contributed by atoms with van der Waals surface area (Å²) in [5, 5.41) is 13.6. The highest BCUT2D eigenvalue weighted by Gasteiger charge is 2.30. The van der Waals surface area contributed by atoms with Crippen molar-refractivity contribution in [2.75, 3.05) is 6.54 Å². The third-order valence-electron chi connectivity index (χ3n) is 2.89. The average molecular weight is 220 g/mol. The molecule has 2 rings (SSSR count). The molecule has 16 heavy (non-hydrogen) atoms. The van der Waals surface area contributed by atoms with E-state index in [2.05, 4.69) is 5.32 Å². The van der Waals surface area contributed by atoms with Gasteiger partial charge in [-0.1, -0.05) is 0 Å². The van der Waals surface area contributed by atoms with Gasteiger partial charge < -0.3 is 5.32 Å². The van der Waals surface area contributed by atoms with E-state index in [-0.39, 0.29) is 17.2 Å². The fourth-order valence-electron chi connectivity index (χ4n) is 2.21. The zero-order valence-electron chi connectivity index (χ0n) is 9.16. The quantitative estimate of drug-likeness (QED) is 0.575. The summed E-state index contributed by atoms with van der Waals surface area (Å²) in [5.41, 5.74) is 2.49. The molecule has 1 aliphatic rings. The van der Waals surface area contributed by atoms with E-state index in [0.29, 0.717) is 18.5 Å². The van der Waals surface area contributed by atoms with Crippen LogP contribution in [0.4, 0.5) is 5.69 Å². The predicted molar refractivity (Wildman–Crippen MR) is 58.6 cm³/mol. The highest BCUT2D eigenvalue weighted by atomic mass is 16.6. The zero-order chi connectivity index (χ0) is 11.9. The Balaban J connectivity index is 2.79. The minimum absolute atomic E-state index is 0.0576. The van der Waals surface area contributed by atoms with Crippen LogP contribution in [0.1, 0.15) is 27.0 Å². The van der Waals surface area contributed by atoms with Crippen LogP contribution in [-0.2, 0) is 6.42 Å². The Hall–Kier alpha value is -1.91. The first-order chi connectivity index (χ1) is 7.52. The van der Waals surface area contributed by atoms with Crippen LogP contribution in [-0.4, -0.2) is 17.4 Å². The maximum Gasteiger partial charge on any atom is 0.285 e. The number of nitrogens with zero attached hydrogens (tertiary/aromatic N) is 1. The van der Waals surface area contributed by atoms with E-state index < -0.39 is 4.92 Å². The third-order valence-corrected chi connectivity index (χ3v) is 2.89. The number of benzene rings is 1. The van der Waals surface area contributed by atoms with Crippen molar-refractivity contribution in [3.63, 3.8) is 0 Å². The molecule has 1 N–H and O–H groups in total. The maximum absolute atomic E-state index is 11.7. The van der Waals surface area contributed by atoms with Crippen molar-refractivity contribution in [2.24, 2.45) is 0 Å². The molecule has 0 radical (unpaired) electrons. The number of nitro benzene ring substituents is 1. The number of nitrogens with one attached hydrogen (secondary N) is 1. The SMILES string of the molecule is Cc1cc(C)c([N+](=O)[O-])c2c1CCNC2=O. The average Bonchev–Trinajstić information content (AvgIpc) is 2.19. The molecule has 5 nitrogen and oxygen atoms in total. The van der Waals surface area contributed by atoms with E-state index in [4.69, 9.17) is 0 Å². The van der Waals surface area contributed by atoms with Crippen molar-refractivity contribution in [1.29, 1.82) is 0 Å². The Labute approximate surface area is 92.6 Å². The van der Waals surface area contributed by atoms with Gasteiger partial charge in [-0.05, 0) is 37.5 Å². The lowest BCUT2D eigenvalue weighted by Crippen LogP contribution is -2.33. The highest BCUT2D eigenvalue weighted by Crippen LogP contribution is 2.31. The standard InChI is InChI=1S/C11H12N2O3/c1-6-5-7(2)10(13(15)16)9-8(6)3-4-12-11(9)14/h5H,3-4H2,1-2H3,(H,12,14). The van der Waals surface area contributed by atoms with E-state index in [1.54, 1.807) is 13.0 Å². The molecule has 0 aliphatic carbocycles. The minimum Gasteiger partial charge on any atom is -0.351 e. The Morgan fingerprint density at radius 2 is 2.06 bits per heavy atom. The Morgan fingerprint density at radius 1 is 1.38 bits per heavy atom. The van der Waals surface area contributed by atoms with Gasteiger partial charge in [0.25, 0.3) is 11.6 Å². The number of amides is 1.